The fraction of sp³-hybridized carbons (Fsp3) is 0.235. The Kier molecular flexibility index (Phi) is 5.36. The number of rotatable bonds is 6. The number of esters is 1. The van der Waals surface area contributed by atoms with Gasteiger partial charge in [0.15, 0.2) is 0 Å². The van der Waals surface area contributed by atoms with Gasteiger partial charge in [-0.3, -0.25) is 4.79 Å². The molecule has 2 aromatic rings. The standard InChI is InChI=1S/C17H16BN3O5/c1-11(22)24-7-8-25-17-15(19-2)5-6-16(21-17)20-13-3-4-14-12(9-13)10-26-18(14)23/h3-6,9,23H,7-8,10H2,1H3,(H,20,21). The first-order valence-corrected chi connectivity index (χ1v) is 7.91. The number of anilines is 2. The molecule has 0 saturated carbocycles. The molecule has 132 valence electrons. The van der Waals surface area contributed by atoms with Crippen LogP contribution in [0.2, 0.25) is 0 Å². The molecule has 0 atom stereocenters. The van der Waals surface area contributed by atoms with Gasteiger partial charge in [0.2, 0.25) is 11.6 Å². The molecule has 8 nitrogen and oxygen atoms in total. The van der Waals surface area contributed by atoms with E-state index in [0.717, 1.165) is 16.7 Å². The quantitative estimate of drug-likeness (QED) is 0.352. The van der Waals surface area contributed by atoms with Crippen molar-refractivity contribution in [2.45, 2.75) is 13.5 Å². The maximum absolute atomic E-state index is 10.8. The molecule has 0 saturated heterocycles. The van der Waals surface area contributed by atoms with E-state index in [1.807, 2.05) is 12.1 Å². The second-order valence-corrected chi connectivity index (χ2v) is 5.52. The monoisotopic (exact) mass is 353 g/mol. The van der Waals surface area contributed by atoms with Crippen LogP contribution in [-0.2, 0) is 20.8 Å². The van der Waals surface area contributed by atoms with E-state index in [1.165, 1.54) is 6.92 Å². The summed E-state index contributed by atoms with van der Waals surface area (Å²) in [6, 6.07) is 8.74. The van der Waals surface area contributed by atoms with E-state index in [1.54, 1.807) is 18.2 Å². The van der Waals surface area contributed by atoms with E-state index in [2.05, 4.69) is 15.1 Å². The van der Waals surface area contributed by atoms with Crippen LogP contribution in [0.3, 0.4) is 0 Å². The molecule has 0 spiro atoms. The molecule has 1 aromatic carbocycles. The predicted octanol–water partition coefficient (Wildman–Crippen LogP) is 1.54. The van der Waals surface area contributed by atoms with Gasteiger partial charge in [-0.1, -0.05) is 6.07 Å². The summed E-state index contributed by atoms with van der Waals surface area (Å²) >= 11 is 0. The van der Waals surface area contributed by atoms with Crippen molar-refractivity contribution in [1.29, 1.82) is 0 Å². The minimum absolute atomic E-state index is 0.0826. The van der Waals surface area contributed by atoms with Crippen molar-refractivity contribution in [2.75, 3.05) is 18.5 Å². The Hall–Kier alpha value is -3.09. The smallest absolute Gasteiger partial charge is 0.483 e. The molecular formula is C17H16BN3O5. The van der Waals surface area contributed by atoms with Gasteiger partial charge >= 0.3 is 13.1 Å². The van der Waals surface area contributed by atoms with Gasteiger partial charge in [-0.25, -0.2) is 9.83 Å². The van der Waals surface area contributed by atoms with Crippen LogP contribution < -0.4 is 15.5 Å². The first-order valence-electron chi connectivity index (χ1n) is 7.91. The summed E-state index contributed by atoms with van der Waals surface area (Å²) in [7, 11) is -0.882. The number of pyridine rings is 1. The number of fused-ring (bicyclic) bond motifs is 1. The first-order chi connectivity index (χ1) is 12.6. The molecule has 0 unspecified atom stereocenters. The van der Waals surface area contributed by atoms with Crippen LogP contribution in [0, 0.1) is 6.57 Å². The van der Waals surface area contributed by atoms with Gasteiger partial charge in [0.05, 0.1) is 13.2 Å². The lowest BCUT2D eigenvalue weighted by molar-refractivity contribution is -0.141. The molecule has 0 amide bonds. The van der Waals surface area contributed by atoms with Crippen LogP contribution in [0.15, 0.2) is 30.3 Å². The summed E-state index contributed by atoms with van der Waals surface area (Å²) in [5.41, 5.74) is 2.69. The first kappa shape index (κ1) is 17.7. The summed E-state index contributed by atoms with van der Waals surface area (Å²) in [5.74, 6) is 0.268. The van der Waals surface area contributed by atoms with Gasteiger partial charge in [-0.2, -0.15) is 0 Å². The highest BCUT2D eigenvalue weighted by Gasteiger charge is 2.27. The van der Waals surface area contributed by atoms with E-state index in [0.29, 0.717) is 12.4 Å². The maximum Gasteiger partial charge on any atom is 0.491 e. The number of carbonyl (C=O) groups excluding carboxylic acids is 1. The summed E-state index contributed by atoms with van der Waals surface area (Å²) in [6.07, 6.45) is 0. The molecule has 2 heterocycles. The number of hydrogen-bond acceptors (Lipinski definition) is 7. The van der Waals surface area contributed by atoms with E-state index >= 15 is 0 Å². The second kappa shape index (κ2) is 7.86. The SMILES string of the molecule is [C-]#[N+]c1ccc(Nc2ccc3c(c2)COB3O)nc1OCCOC(C)=O. The van der Waals surface area contributed by atoms with Crippen molar-refractivity contribution >= 4 is 35.7 Å². The van der Waals surface area contributed by atoms with Gasteiger partial charge in [-0.05, 0) is 35.3 Å². The van der Waals surface area contributed by atoms with Gasteiger partial charge in [0.25, 0.3) is 0 Å². The Bertz CT molecular complexity index is 868. The number of hydrogen-bond donors (Lipinski definition) is 2. The van der Waals surface area contributed by atoms with Crippen molar-refractivity contribution in [3.63, 3.8) is 0 Å². The highest BCUT2D eigenvalue weighted by Crippen LogP contribution is 2.28. The molecule has 0 bridgehead atoms. The van der Waals surface area contributed by atoms with Crippen LogP contribution in [0.5, 0.6) is 5.88 Å². The third-order valence-electron chi connectivity index (χ3n) is 3.67. The predicted molar refractivity (Wildman–Crippen MR) is 94.7 cm³/mol. The topological polar surface area (TPSA) is 94.3 Å². The zero-order chi connectivity index (χ0) is 18.5. The van der Waals surface area contributed by atoms with Crippen molar-refractivity contribution in [3.05, 3.63) is 47.3 Å². The lowest BCUT2D eigenvalue weighted by Gasteiger charge is -2.11. The number of nitrogens with one attached hydrogen (secondary N) is 1. The van der Waals surface area contributed by atoms with Crippen LogP contribution in [-0.4, -0.2) is 36.3 Å². The van der Waals surface area contributed by atoms with Crippen molar-refractivity contribution in [1.82, 2.24) is 4.98 Å². The summed E-state index contributed by atoms with van der Waals surface area (Å²) < 4.78 is 15.4. The number of ether oxygens (including phenoxy) is 2. The minimum Gasteiger partial charge on any atom is -0.483 e. The highest BCUT2D eigenvalue weighted by molar-refractivity contribution is 6.61. The zero-order valence-electron chi connectivity index (χ0n) is 14.1. The molecule has 0 radical (unpaired) electrons. The maximum atomic E-state index is 10.8. The second-order valence-electron chi connectivity index (χ2n) is 5.52. The fourth-order valence-corrected chi connectivity index (χ4v) is 2.47. The molecule has 0 fully saturated rings. The third-order valence-corrected chi connectivity index (χ3v) is 3.67. The molecule has 1 aliphatic heterocycles. The summed E-state index contributed by atoms with van der Waals surface area (Å²) in [4.78, 5) is 18.4. The number of benzene rings is 1. The average molecular weight is 353 g/mol. The number of carbonyl (C=O) groups is 1. The Morgan fingerprint density at radius 2 is 2.27 bits per heavy atom. The van der Waals surface area contributed by atoms with Gasteiger partial charge in [0.1, 0.15) is 19.0 Å². The van der Waals surface area contributed by atoms with Crippen molar-refractivity contribution in [2.24, 2.45) is 0 Å². The van der Waals surface area contributed by atoms with Crippen molar-refractivity contribution in [3.8, 4) is 5.88 Å². The lowest BCUT2D eigenvalue weighted by atomic mass is 9.79. The molecular weight excluding hydrogens is 337 g/mol. The van der Waals surface area contributed by atoms with E-state index in [9.17, 15) is 9.82 Å². The summed E-state index contributed by atoms with van der Waals surface area (Å²) in [5, 5.41) is 12.8. The Morgan fingerprint density at radius 1 is 1.42 bits per heavy atom. The third kappa shape index (κ3) is 4.11. The van der Waals surface area contributed by atoms with E-state index < -0.39 is 13.1 Å². The van der Waals surface area contributed by atoms with Crippen molar-refractivity contribution < 1.29 is 23.9 Å². The van der Waals surface area contributed by atoms with Crippen LogP contribution in [0.1, 0.15) is 12.5 Å². The number of nitrogens with zero attached hydrogens (tertiary/aromatic N) is 2. The largest absolute Gasteiger partial charge is 0.491 e. The molecule has 0 aliphatic carbocycles. The Balaban J connectivity index is 1.71. The van der Waals surface area contributed by atoms with Gasteiger partial charge in [-0.15, -0.1) is 0 Å². The lowest BCUT2D eigenvalue weighted by Crippen LogP contribution is -2.27. The average Bonchev–Trinajstić information content (AvgIpc) is 2.99. The molecule has 2 N–H and O–H groups in total. The minimum atomic E-state index is -0.882. The van der Waals surface area contributed by atoms with Gasteiger partial charge in [0, 0.05) is 12.6 Å². The van der Waals surface area contributed by atoms with Crippen LogP contribution >= 0.6 is 0 Å². The highest BCUT2D eigenvalue weighted by atomic mass is 16.6. The molecule has 9 heteroatoms. The zero-order valence-corrected chi connectivity index (χ0v) is 14.1. The van der Waals surface area contributed by atoms with E-state index in [4.69, 9.17) is 20.7 Å². The number of aromatic nitrogens is 1. The Labute approximate surface area is 150 Å². The summed E-state index contributed by atoms with van der Waals surface area (Å²) in [6.45, 7) is 9.04. The molecule has 1 aliphatic rings. The molecule has 26 heavy (non-hydrogen) atoms. The Morgan fingerprint density at radius 3 is 3.04 bits per heavy atom. The van der Waals surface area contributed by atoms with Crippen LogP contribution in [0.4, 0.5) is 17.2 Å². The molecule has 1 aromatic heterocycles. The molecule has 3 rings (SSSR count). The van der Waals surface area contributed by atoms with Crippen LogP contribution in [0.25, 0.3) is 4.85 Å². The fourth-order valence-electron chi connectivity index (χ4n) is 2.47. The van der Waals surface area contributed by atoms with Gasteiger partial charge < -0.3 is 24.5 Å². The van der Waals surface area contributed by atoms with E-state index in [-0.39, 0.29) is 24.8 Å². The normalized spacial score (nSPS) is 12.3.